The highest BCUT2D eigenvalue weighted by Crippen LogP contribution is 2.51. The number of rotatable bonds is 13. The molecule has 2 heterocycles. The zero-order chi connectivity index (χ0) is 42.8. The number of anilines is 2. The number of carbonyl (C=O) groups excluding carboxylic acids is 1. The second-order valence-corrected chi connectivity index (χ2v) is 21.1. The van der Waals surface area contributed by atoms with Crippen molar-refractivity contribution >= 4 is 65.1 Å². The molecule has 17 heteroatoms. The molecule has 0 saturated heterocycles. The van der Waals surface area contributed by atoms with Gasteiger partial charge in [-0.2, -0.15) is 25.3 Å². The van der Waals surface area contributed by atoms with Gasteiger partial charge in [0.2, 0.25) is 0 Å². The molecular weight excluding hydrogens is 807 g/mol. The Labute approximate surface area is 340 Å². The number of hydrogen-bond acceptors (Lipinski definition) is 11. The van der Waals surface area contributed by atoms with E-state index in [0.717, 1.165) is 33.5 Å². The van der Waals surface area contributed by atoms with Gasteiger partial charge >= 0.3 is 0 Å². The van der Waals surface area contributed by atoms with Gasteiger partial charge in [-0.05, 0) is 105 Å². The van der Waals surface area contributed by atoms with Crippen LogP contribution >= 0.6 is 0 Å². The maximum absolute atomic E-state index is 12.5. The van der Waals surface area contributed by atoms with E-state index in [0.29, 0.717) is 53.1 Å². The van der Waals surface area contributed by atoms with Gasteiger partial charge in [0.1, 0.15) is 5.75 Å². The fraction of sp³-hybridized carbons (Fsp3) is 0.415. The van der Waals surface area contributed by atoms with Gasteiger partial charge in [0.25, 0.3) is 36.8 Å². The van der Waals surface area contributed by atoms with Crippen molar-refractivity contribution in [1.29, 1.82) is 0 Å². The van der Waals surface area contributed by atoms with Crippen LogP contribution in [0.1, 0.15) is 93.8 Å². The van der Waals surface area contributed by atoms with Gasteiger partial charge in [-0.3, -0.25) is 23.4 Å². The Morgan fingerprint density at radius 2 is 1.31 bits per heavy atom. The maximum atomic E-state index is 12.5. The molecule has 0 radical (unpaired) electrons. The molecule has 0 unspecified atom stereocenters. The molecule has 3 N–H and O–H groups in total. The van der Waals surface area contributed by atoms with Crippen LogP contribution in [0.15, 0.2) is 70.6 Å². The summed E-state index contributed by atoms with van der Waals surface area (Å²) in [6.07, 6.45) is 4.50. The number of allylic oxidation sites excluding steroid dienone is 1. The monoisotopic (exact) mass is 855 g/mol. The van der Waals surface area contributed by atoms with Crippen molar-refractivity contribution in [3.8, 4) is 0 Å². The summed E-state index contributed by atoms with van der Waals surface area (Å²) in [5.74, 6) is -1.31. The Bertz CT molecular complexity index is 2610. The third-order valence-corrected chi connectivity index (χ3v) is 13.4. The van der Waals surface area contributed by atoms with E-state index in [4.69, 9.17) is 9.73 Å². The normalized spacial score (nSPS) is 18.7. The van der Waals surface area contributed by atoms with Crippen LogP contribution in [0.5, 0.6) is 0 Å². The van der Waals surface area contributed by atoms with E-state index in [1.54, 1.807) is 18.2 Å². The van der Waals surface area contributed by atoms with Gasteiger partial charge in [0.05, 0.1) is 40.6 Å². The molecule has 0 spiro atoms. The number of ether oxygens (including phenoxy) is 1. The number of nitrogens with zero attached hydrogens (tertiary/aromatic N) is 3. The van der Waals surface area contributed by atoms with Gasteiger partial charge in [-0.15, -0.1) is 0 Å². The molecule has 0 saturated carbocycles. The predicted octanol–water partition coefficient (Wildman–Crippen LogP) is 5.93. The average Bonchev–Trinajstić information content (AvgIpc) is 3.08. The highest BCUT2D eigenvalue weighted by molar-refractivity contribution is 7.86. The number of carbonyl (C=O) groups is 1. The SMILES string of the molecule is CC1=CC(C)(C)N(CCCOC=O)c2cc3c(cc21)C(=NCCS(=O)(=O)O)c1cc2c(cc1C3(C)C)N(Cc1ccc(S(=O)(=O)O)cc1)C(C)(C)C=C2CS(=O)(=O)O. The minimum Gasteiger partial charge on any atom is -0.468 e. The van der Waals surface area contributed by atoms with Crippen LogP contribution in [-0.2, 0) is 51.8 Å². The summed E-state index contributed by atoms with van der Waals surface area (Å²) < 4.78 is 107. The number of benzene rings is 3. The molecule has 0 aromatic heterocycles. The summed E-state index contributed by atoms with van der Waals surface area (Å²) in [6.45, 7) is 15.4. The third-order valence-electron chi connectivity index (χ3n) is 11.2. The summed E-state index contributed by atoms with van der Waals surface area (Å²) in [7, 11) is -13.3. The third kappa shape index (κ3) is 8.65. The maximum Gasteiger partial charge on any atom is 0.294 e. The van der Waals surface area contributed by atoms with Gasteiger partial charge in [-0.1, -0.05) is 38.1 Å². The molecule has 6 rings (SSSR count). The highest BCUT2D eigenvalue weighted by Gasteiger charge is 2.42. The molecular formula is C41H49N3O11S3. The molecule has 0 bridgehead atoms. The summed E-state index contributed by atoms with van der Waals surface area (Å²) in [6, 6.07) is 13.8. The fourth-order valence-electron chi connectivity index (χ4n) is 8.56. The number of aliphatic imine (C=N–C) groups is 1. The van der Waals surface area contributed by atoms with Crippen LogP contribution < -0.4 is 9.80 Å². The highest BCUT2D eigenvalue weighted by atomic mass is 32.2. The van der Waals surface area contributed by atoms with Gasteiger partial charge in [-0.25, -0.2) is 0 Å². The van der Waals surface area contributed by atoms with Crippen LogP contribution in [0.4, 0.5) is 11.4 Å². The van der Waals surface area contributed by atoms with Gasteiger partial charge in [0.15, 0.2) is 0 Å². The number of hydrogen-bond donors (Lipinski definition) is 3. The zero-order valence-corrected chi connectivity index (χ0v) is 35.9. The molecule has 3 aliphatic rings. The summed E-state index contributed by atoms with van der Waals surface area (Å²) in [5, 5.41) is 0. The summed E-state index contributed by atoms with van der Waals surface area (Å²) in [5.41, 5.74) is 6.55. The molecule has 2 aliphatic heterocycles. The van der Waals surface area contributed by atoms with Crippen molar-refractivity contribution in [3.05, 3.63) is 99.6 Å². The molecule has 58 heavy (non-hydrogen) atoms. The minimum atomic E-state index is -4.52. The number of fused-ring (bicyclic) bond motifs is 4. The molecule has 14 nitrogen and oxygen atoms in total. The van der Waals surface area contributed by atoms with Gasteiger partial charge < -0.3 is 14.5 Å². The summed E-state index contributed by atoms with van der Waals surface area (Å²) >= 11 is 0. The first-order valence-corrected chi connectivity index (χ1v) is 23.3. The second-order valence-electron chi connectivity index (χ2n) is 16.7. The molecule has 312 valence electrons. The van der Waals surface area contributed by atoms with Crippen molar-refractivity contribution in [2.45, 2.75) is 82.8 Å². The van der Waals surface area contributed by atoms with E-state index >= 15 is 0 Å². The van der Waals surface area contributed by atoms with Crippen molar-refractivity contribution in [2.24, 2.45) is 4.99 Å². The van der Waals surface area contributed by atoms with E-state index in [1.165, 1.54) is 12.1 Å². The zero-order valence-electron chi connectivity index (χ0n) is 33.5. The Kier molecular flexibility index (Phi) is 11.2. The Balaban J connectivity index is 1.60. The van der Waals surface area contributed by atoms with E-state index in [9.17, 15) is 43.7 Å². The quantitative estimate of drug-likeness (QED) is 0.104. The second kappa shape index (κ2) is 15.0. The van der Waals surface area contributed by atoms with Crippen LogP contribution in [0.25, 0.3) is 11.1 Å². The lowest BCUT2D eigenvalue weighted by Crippen LogP contribution is -2.46. The van der Waals surface area contributed by atoms with Crippen LogP contribution in [-0.4, -0.2) is 93.4 Å². The van der Waals surface area contributed by atoms with Crippen LogP contribution in [0.2, 0.25) is 0 Å². The molecule has 0 amide bonds. The average molecular weight is 856 g/mol. The largest absolute Gasteiger partial charge is 0.468 e. The fourth-order valence-corrected chi connectivity index (χ4v) is 9.99. The van der Waals surface area contributed by atoms with Gasteiger partial charge in [0, 0.05) is 52.1 Å². The van der Waals surface area contributed by atoms with E-state index < -0.39 is 58.4 Å². The predicted molar refractivity (Wildman–Crippen MR) is 225 cm³/mol. The lowest BCUT2D eigenvalue weighted by Gasteiger charge is -2.47. The van der Waals surface area contributed by atoms with E-state index in [1.807, 2.05) is 43.9 Å². The lowest BCUT2D eigenvalue weighted by atomic mass is 9.66. The lowest BCUT2D eigenvalue weighted by molar-refractivity contribution is -0.128. The first-order chi connectivity index (χ1) is 26.7. The molecule has 3 aromatic rings. The van der Waals surface area contributed by atoms with Crippen molar-refractivity contribution in [2.75, 3.05) is 41.0 Å². The molecule has 3 aromatic carbocycles. The van der Waals surface area contributed by atoms with Crippen molar-refractivity contribution in [1.82, 2.24) is 0 Å². The molecule has 1 aliphatic carbocycles. The minimum absolute atomic E-state index is 0.240. The Morgan fingerprint density at radius 1 is 0.741 bits per heavy atom. The smallest absolute Gasteiger partial charge is 0.294 e. The first kappa shape index (κ1) is 43.2. The van der Waals surface area contributed by atoms with Crippen molar-refractivity contribution < 1.29 is 48.4 Å². The first-order valence-electron chi connectivity index (χ1n) is 18.6. The van der Waals surface area contributed by atoms with Crippen LogP contribution in [0.3, 0.4) is 0 Å². The molecule has 0 fully saturated rings. The van der Waals surface area contributed by atoms with Crippen LogP contribution in [0, 0.1) is 0 Å². The summed E-state index contributed by atoms with van der Waals surface area (Å²) in [4.78, 5) is 19.8. The topological polar surface area (TPSA) is 208 Å². The van der Waals surface area contributed by atoms with E-state index in [-0.39, 0.29) is 24.6 Å². The van der Waals surface area contributed by atoms with E-state index in [2.05, 4.69) is 44.7 Å². The molecule has 0 atom stereocenters. The van der Waals surface area contributed by atoms with Crippen molar-refractivity contribution in [3.63, 3.8) is 0 Å². The standard InChI is InChI=1S/C41H49N3O11S3/c1-26-21-39(2,3)43(14-8-15-55-25-45)36-19-34-32(17-30(26)36)38(42-13-16-56(46,47)48)33-18-31-28(24-57(49,50)51)22-40(4,5)44(37(31)20-35(33)41(34,6)7)23-27-9-11-29(12-10-27)58(52,53)54/h9-12,17-22,25H,8,13-16,23-24H2,1-7H3,(H,46,47,48)(H,49,50,51)(H,52,53,54). The Morgan fingerprint density at radius 3 is 1.86 bits per heavy atom. The Hall–Kier alpha value is -4.39.